The summed E-state index contributed by atoms with van der Waals surface area (Å²) in [4.78, 5) is 12.2. The summed E-state index contributed by atoms with van der Waals surface area (Å²) in [6.45, 7) is 4.11. The summed E-state index contributed by atoms with van der Waals surface area (Å²) in [5.41, 5.74) is 1.64. The van der Waals surface area contributed by atoms with Crippen molar-refractivity contribution in [3.05, 3.63) is 72.2 Å². The number of hydrogen-bond acceptors (Lipinski definition) is 7. The third kappa shape index (κ3) is 6.47. The van der Waals surface area contributed by atoms with Crippen LogP contribution in [0.4, 0.5) is 24.7 Å². The topological polar surface area (TPSA) is 83.8 Å². The minimum absolute atomic E-state index is 0.220. The van der Waals surface area contributed by atoms with Crippen LogP contribution >= 0.6 is 0 Å². The van der Waals surface area contributed by atoms with Crippen LogP contribution in [0.2, 0.25) is 0 Å². The summed E-state index contributed by atoms with van der Waals surface area (Å²) in [5.74, 6) is 2.45. The number of rotatable bonds is 7. The number of aromatic nitrogens is 2. The van der Waals surface area contributed by atoms with Crippen LogP contribution in [0.15, 0.2) is 60.8 Å². The molecule has 11 heteroatoms. The molecule has 0 saturated carbocycles. The van der Waals surface area contributed by atoms with Gasteiger partial charge in [-0.15, -0.1) is 0 Å². The molecule has 2 aliphatic heterocycles. The molecule has 0 radical (unpaired) electrons. The van der Waals surface area contributed by atoms with Gasteiger partial charge in [0, 0.05) is 48.7 Å². The summed E-state index contributed by atoms with van der Waals surface area (Å²) in [6.07, 6.45) is -1.93. The molecule has 2 aromatic carbocycles. The van der Waals surface area contributed by atoms with Crippen LogP contribution in [-0.4, -0.2) is 59.4 Å². The molecule has 3 heterocycles. The van der Waals surface area contributed by atoms with Crippen LogP contribution in [0.1, 0.15) is 38.1 Å². The van der Waals surface area contributed by atoms with E-state index >= 15 is 0 Å². The van der Waals surface area contributed by atoms with Crippen LogP contribution in [0.5, 0.6) is 11.5 Å². The Morgan fingerprint density at radius 2 is 1.75 bits per heavy atom. The minimum Gasteiger partial charge on any atom is -0.457 e. The standard InChI is InChI=1S/C29H32F3N5O3/c1-28(2)18-36(20-8-10-23(11-9-20)40-22-6-4-3-5-7-22)26-24(28)16-34-25(35-26)17-39-27(33)37(19-29(30,31)32)21-12-14-38-15-13-21/h3-11,16,21,33H,12-15,17-19H2,1-2H3. The molecular formula is C29H32F3N5O3. The Morgan fingerprint density at radius 3 is 2.42 bits per heavy atom. The van der Waals surface area contributed by atoms with E-state index in [1.54, 1.807) is 6.20 Å². The van der Waals surface area contributed by atoms with Gasteiger partial charge in [0.15, 0.2) is 12.4 Å². The first kappa shape index (κ1) is 27.7. The molecule has 1 N–H and O–H groups in total. The van der Waals surface area contributed by atoms with Crippen molar-refractivity contribution in [2.45, 2.75) is 50.9 Å². The summed E-state index contributed by atoms with van der Waals surface area (Å²) in [6, 6.07) is 16.2. The van der Waals surface area contributed by atoms with Gasteiger partial charge in [0.1, 0.15) is 23.9 Å². The van der Waals surface area contributed by atoms with Gasteiger partial charge in [0.05, 0.1) is 0 Å². The van der Waals surface area contributed by atoms with E-state index in [4.69, 9.17) is 24.6 Å². The number of anilines is 2. The second kappa shape index (κ2) is 11.3. The Kier molecular flexibility index (Phi) is 7.84. The van der Waals surface area contributed by atoms with Gasteiger partial charge in [-0.25, -0.2) is 9.97 Å². The highest BCUT2D eigenvalue weighted by Crippen LogP contribution is 2.43. The maximum atomic E-state index is 13.3. The fourth-order valence-electron chi connectivity index (χ4n) is 5.02. The smallest absolute Gasteiger partial charge is 0.406 e. The van der Waals surface area contributed by atoms with E-state index in [2.05, 4.69) is 23.7 Å². The molecule has 0 aliphatic carbocycles. The van der Waals surface area contributed by atoms with Crippen LogP contribution < -0.4 is 9.64 Å². The molecule has 1 fully saturated rings. The molecule has 1 aromatic heterocycles. The number of para-hydroxylation sites is 1. The first-order chi connectivity index (χ1) is 19.1. The highest BCUT2D eigenvalue weighted by molar-refractivity contribution is 5.71. The zero-order valence-electron chi connectivity index (χ0n) is 22.4. The monoisotopic (exact) mass is 555 g/mol. The number of benzene rings is 2. The number of ether oxygens (including phenoxy) is 3. The van der Waals surface area contributed by atoms with Crippen LogP contribution in [0.25, 0.3) is 0 Å². The van der Waals surface area contributed by atoms with E-state index in [0.29, 0.717) is 44.2 Å². The van der Waals surface area contributed by atoms with Gasteiger partial charge < -0.3 is 24.0 Å². The van der Waals surface area contributed by atoms with E-state index in [1.807, 2.05) is 54.6 Å². The molecule has 40 heavy (non-hydrogen) atoms. The Balaban J connectivity index is 1.31. The van der Waals surface area contributed by atoms with Crippen molar-refractivity contribution in [3.8, 4) is 11.5 Å². The summed E-state index contributed by atoms with van der Waals surface area (Å²) < 4.78 is 56.6. The highest BCUT2D eigenvalue weighted by atomic mass is 19.4. The lowest BCUT2D eigenvalue weighted by Gasteiger charge is -2.35. The SMILES string of the molecule is CC1(C)CN(c2ccc(Oc3ccccc3)cc2)c2nc(COC(=N)N(CC(F)(F)F)C3CCOCC3)ncc21. The highest BCUT2D eigenvalue weighted by Gasteiger charge is 2.39. The number of nitrogens with zero attached hydrogens (tertiary/aromatic N) is 4. The molecule has 0 bridgehead atoms. The Labute approximate surface area is 231 Å². The predicted octanol–water partition coefficient (Wildman–Crippen LogP) is 6.19. The number of hydrogen-bond donors (Lipinski definition) is 1. The normalized spacial score (nSPS) is 16.9. The quantitative estimate of drug-likeness (QED) is 0.275. The molecule has 0 unspecified atom stereocenters. The summed E-state index contributed by atoms with van der Waals surface area (Å²) in [5, 5.41) is 8.29. The number of amidine groups is 1. The molecule has 0 atom stereocenters. The first-order valence-corrected chi connectivity index (χ1v) is 13.2. The fraction of sp³-hybridized carbons (Fsp3) is 0.414. The lowest BCUT2D eigenvalue weighted by atomic mass is 9.89. The van der Waals surface area contributed by atoms with Crippen LogP contribution in [0.3, 0.4) is 0 Å². The van der Waals surface area contributed by atoms with E-state index in [-0.39, 0.29) is 17.8 Å². The molecule has 0 spiro atoms. The second-order valence-corrected chi connectivity index (χ2v) is 10.6. The largest absolute Gasteiger partial charge is 0.457 e. The van der Waals surface area contributed by atoms with Crippen molar-refractivity contribution in [2.75, 3.05) is 31.2 Å². The van der Waals surface area contributed by atoms with Gasteiger partial charge in [-0.1, -0.05) is 32.0 Å². The van der Waals surface area contributed by atoms with E-state index in [9.17, 15) is 13.2 Å². The van der Waals surface area contributed by atoms with Gasteiger partial charge in [-0.2, -0.15) is 13.2 Å². The molecule has 0 amide bonds. The zero-order chi connectivity index (χ0) is 28.3. The number of nitrogens with one attached hydrogen (secondary N) is 1. The molecule has 1 saturated heterocycles. The van der Waals surface area contributed by atoms with Gasteiger partial charge in [0.2, 0.25) is 0 Å². The Hall–Kier alpha value is -3.86. The number of halogens is 3. The van der Waals surface area contributed by atoms with Gasteiger partial charge in [0.25, 0.3) is 6.02 Å². The van der Waals surface area contributed by atoms with Gasteiger partial charge in [-0.05, 0) is 49.2 Å². The van der Waals surface area contributed by atoms with Gasteiger partial charge in [-0.3, -0.25) is 5.41 Å². The number of alkyl halides is 3. The van der Waals surface area contributed by atoms with E-state index < -0.39 is 24.8 Å². The van der Waals surface area contributed by atoms with Crippen molar-refractivity contribution < 1.29 is 27.4 Å². The average Bonchev–Trinajstić information content (AvgIpc) is 3.21. The Morgan fingerprint density at radius 1 is 1.07 bits per heavy atom. The van der Waals surface area contributed by atoms with Crippen molar-refractivity contribution in [1.82, 2.24) is 14.9 Å². The molecule has 3 aromatic rings. The number of fused-ring (bicyclic) bond motifs is 1. The summed E-state index contributed by atoms with van der Waals surface area (Å²) >= 11 is 0. The maximum Gasteiger partial charge on any atom is 0.406 e. The minimum atomic E-state index is -4.47. The third-order valence-corrected chi connectivity index (χ3v) is 7.06. The fourth-order valence-corrected chi connectivity index (χ4v) is 5.02. The van der Waals surface area contributed by atoms with Gasteiger partial charge >= 0.3 is 6.18 Å². The second-order valence-electron chi connectivity index (χ2n) is 10.6. The van der Waals surface area contributed by atoms with Crippen molar-refractivity contribution in [1.29, 1.82) is 5.41 Å². The average molecular weight is 556 g/mol. The molecule has 212 valence electrons. The first-order valence-electron chi connectivity index (χ1n) is 13.2. The van der Waals surface area contributed by atoms with E-state index in [0.717, 1.165) is 21.9 Å². The van der Waals surface area contributed by atoms with Crippen molar-refractivity contribution >= 4 is 17.5 Å². The Bertz CT molecular complexity index is 1310. The summed E-state index contributed by atoms with van der Waals surface area (Å²) in [7, 11) is 0. The lowest BCUT2D eigenvalue weighted by Crippen LogP contribution is -2.48. The molecule has 5 rings (SSSR count). The van der Waals surface area contributed by atoms with Crippen LogP contribution in [0, 0.1) is 5.41 Å². The molecular weight excluding hydrogens is 523 g/mol. The maximum absolute atomic E-state index is 13.3. The third-order valence-electron chi connectivity index (χ3n) is 7.06. The van der Waals surface area contributed by atoms with Crippen molar-refractivity contribution in [3.63, 3.8) is 0 Å². The predicted molar refractivity (Wildman–Crippen MR) is 144 cm³/mol. The lowest BCUT2D eigenvalue weighted by molar-refractivity contribution is -0.146. The van der Waals surface area contributed by atoms with Crippen molar-refractivity contribution in [2.24, 2.45) is 0 Å². The van der Waals surface area contributed by atoms with E-state index in [1.165, 1.54) is 0 Å². The van der Waals surface area contributed by atoms with Crippen LogP contribution in [-0.2, 0) is 21.5 Å². The molecule has 8 nitrogen and oxygen atoms in total. The molecule has 2 aliphatic rings. The zero-order valence-corrected chi connectivity index (χ0v) is 22.4.